The Morgan fingerprint density at radius 2 is 2.43 bits per heavy atom. The lowest BCUT2D eigenvalue weighted by molar-refractivity contribution is -0.136. The Balaban J connectivity index is 2.47. The van der Waals surface area contributed by atoms with Crippen LogP contribution in [0.5, 0.6) is 0 Å². The summed E-state index contributed by atoms with van der Waals surface area (Å²) in [6, 6.07) is 0. The van der Waals surface area contributed by atoms with Gasteiger partial charge in [0.25, 0.3) is 0 Å². The van der Waals surface area contributed by atoms with Gasteiger partial charge in [-0.25, -0.2) is 0 Å². The standard InChI is InChI=1S/C10H20N2O2/c1-8(5-11)10(14)12-4-2-3-9(6-12)7-13/h8-9,13H,2-7,11H2,1H3. The minimum absolute atomic E-state index is 0.0903. The number of aliphatic hydroxyl groups is 1. The number of nitrogens with two attached hydrogens (primary N) is 1. The summed E-state index contributed by atoms with van der Waals surface area (Å²) in [5.41, 5.74) is 5.45. The molecule has 0 saturated carbocycles. The van der Waals surface area contributed by atoms with E-state index in [9.17, 15) is 4.79 Å². The number of hydrogen-bond acceptors (Lipinski definition) is 3. The number of hydrogen-bond donors (Lipinski definition) is 2. The lowest BCUT2D eigenvalue weighted by Gasteiger charge is -2.33. The minimum atomic E-state index is -0.0903. The van der Waals surface area contributed by atoms with Gasteiger partial charge in [-0.15, -0.1) is 0 Å². The van der Waals surface area contributed by atoms with Crippen molar-refractivity contribution >= 4 is 5.91 Å². The van der Waals surface area contributed by atoms with E-state index in [-0.39, 0.29) is 24.3 Å². The highest BCUT2D eigenvalue weighted by molar-refractivity contribution is 5.78. The van der Waals surface area contributed by atoms with Crippen LogP contribution in [0.15, 0.2) is 0 Å². The monoisotopic (exact) mass is 200 g/mol. The van der Waals surface area contributed by atoms with Gasteiger partial charge in [0.05, 0.1) is 0 Å². The topological polar surface area (TPSA) is 66.6 Å². The van der Waals surface area contributed by atoms with Gasteiger partial charge in [-0.1, -0.05) is 6.92 Å². The predicted octanol–water partition coefficient (Wildman–Crippen LogP) is -0.188. The summed E-state index contributed by atoms with van der Waals surface area (Å²) < 4.78 is 0. The molecule has 2 atom stereocenters. The summed E-state index contributed by atoms with van der Waals surface area (Å²) in [7, 11) is 0. The maximum atomic E-state index is 11.8. The van der Waals surface area contributed by atoms with Crippen molar-refractivity contribution in [3.05, 3.63) is 0 Å². The third kappa shape index (κ3) is 2.69. The Kier molecular flexibility index (Phi) is 4.35. The molecule has 1 saturated heterocycles. The molecule has 2 unspecified atom stereocenters. The number of piperidine rings is 1. The van der Waals surface area contributed by atoms with Crippen molar-refractivity contribution in [2.24, 2.45) is 17.6 Å². The fourth-order valence-electron chi connectivity index (χ4n) is 1.83. The maximum Gasteiger partial charge on any atom is 0.226 e. The molecule has 1 rings (SSSR count). The average Bonchev–Trinajstić information content (AvgIpc) is 2.27. The summed E-state index contributed by atoms with van der Waals surface area (Å²) in [5.74, 6) is 0.302. The Bertz CT molecular complexity index is 197. The zero-order valence-corrected chi connectivity index (χ0v) is 8.78. The molecule has 1 amide bonds. The molecule has 1 fully saturated rings. The van der Waals surface area contributed by atoms with Crippen LogP contribution in [0, 0.1) is 11.8 Å². The van der Waals surface area contributed by atoms with Gasteiger partial charge >= 0.3 is 0 Å². The van der Waals surface area contributed by atoms with Crippen molar-refractivity contribution in [1.82, 2.24) is 4.90 Å². The van der Waals surface area contributed by atoms with Crippen LogP contribution < -0.4 is 5.73 Å². The summed E-state index contributed by atoms with van der Waals surface area (Å²) in [6.45, 7) is 3.95. The van der Waals surface area contributed by atoms with E-state index < -0.39 is 0 Å². The summed E-state index contributed by atoms with van der Waals surface area (Å²) >= 11 is 0. The second kappa shape index (κ2) is 5.32. The maximum absolute atomic E-state index is 11.8. The lowest BCUT2D eigenvalue weighted by atomic mass is 9.97. The molecule has 3 N–H and O–H groups in total. The van der Waals surface area contributed by atoms with Crippen LogP contribution in [-0.4, -0.2) is 42.2 Å². The van der Waals surface area contributed by atoms with Crippen LogP contribution in [0.25, 0.3) is 0 Å². The molecule has 14 heavy (non-hydrogen) atoms. The lowest BCUT2D eigenvalue weighted by Crippen LogP contribution is -2.44. The third-order valence-electron chi connectivity index (χ3n) is 2.86. The first-order valence-electron chi connectivity index (χ1n) is 5.28. The van der Waals surface area contributed by atoms with E-state index in [0.717, 1.165) is 19.4 Å². The van der Waals surface area contributed by atoms with E-state index in [2.05, 4.69) is 0 Å². The van der Waals surface area contributed by atoms with Crippen LogP contribution >= 0.6 is 0 Å². The van der Waals surface area contributed by atoms with Crippen molar-refractivity contribution in [3.63, 3.8) is 0 Å². The van der Waals surface area contributed by atoms with Gasteiger partial charge in [0.15, 0.2) is 0 Å². The van der Waals surface area contributed by atoms with Gasteiger partial charge in [0, 0.05) is 32.2 Å². The van der Waals surface area contributed by atoms with Crippen molar-refractivity contribution in [3.8, 4) is 0 Å². The number of rotatable bonds is 3. The molecule has 4 nitrogen and oxygen atoms in total. The molecule has 1 heterocycles. The smallest absolute Gasteiger partial charge is 0.226 e. The number of carbonyl (C=O) groups is 1. The van der Waals surface area contributed by atoms with Crippen molar-refractivity contribution in [2.75, 3.05) is 26.2 Å². The van der Waals surface area contributed by atoms with Gasteiger partial charge < -0.3 is 15.7 Å². The van der Waals surface area contributed by atoms with Crippen LogP contribution in [0.1, 0.15) is 19.8 Å². The fraction of sp³-hybridized carbons (Fsp3) is 0.900. The quantitative estimate of drug-likeness (QED) is 0.663. The summed E-state index contributed by atoms with van der Waals surface area (Å²) in [6.07, 6.45) is 2.02. The summed E-state index contributed by atoms with van der Waals surface area (Å²) in [5, 5.41) is 9.02. The van der Waals surface area contributed by atoms with E-state index in [4.69, 9.17) is 10.8 Å². The van der Waals surface area contributed by atoms with E-state index in [1.165, 1.54) is 0 Å². The Morgan fingerprint density at radius 3 is 3.00 bits per heavy atom. The SMILES string of the molecule is CC(CN)C(=O)N1CCCC(CO)C1. The first-order valence-corrected chi connectivity index (χ1v) is 5.28. The molecule has 0 aromatic carbocycles. The Morgan fingerprint density at radius 1 is 1.71 bits per heavy atom. The molecular formula is C10H20N2O2. The van der Waals surface area contributed by atoms with Crippen molar-refractivity contribution in [1.29, 1.82) is 0 Å². The van der Waals surface area contributed by atoms with Gasteiger partial charge in [-0.2, -0.15) is 0 Å². The van der Waals surface area contributed by atoms with E-state index in [1.54, 1.807) is 0 Å². The van der Waals surface area contributed by atoms with Crippen LogP contribution in [0.4, 0.5) is 0 Å². The highest BCUT2D eigenvalue weighted by atomic mass is 16.3. The Labute approximate surface area is 85.1 Å². The largest absolute Gasteiger partial charge is 0.396 e. The van der Waals surface area contributed by atoms with E-state index in [1.807, 2.05) is 11.8 Å². The first-order chi connectivity index (χ1) is 6.69. The van der Waals surface area contributed by atoms with Crippen molar-refractivity contribution in [2.45, 2.75) is 19.8 Å². The Hall–Kier alpha value is -0.610. The second-order valence-electron chi connectivity index (χ2n) is 4.11. The fourth-order valence-corrected chi connectivity index (χ4v) is 1.83. The van der Waals surface area contributed by atoms with Gasteiger partial charge in [0.2, 0.25) is 5.91 Å². The number of carbonyl (C=O) groups excluding carboxylic acids is 1. The number of nitrogens with zero attached hydrogens (tertiary/aromatic N) is 1. The highest BCUT2D eigenvalue weighted by Crippen LogP contribution is 2.17. The molecule has 0 aliphatic carbocycles. The molecule has 0 spiro atoms. The first kappa shape index (κ1) is 11.5. The number of aliphatic hydroxyl groups excluding tert-OH is 1. The molecule has 4 heteroatoms. The van der Waals surface area contributed by atoms with Crippen LogP contribution in [0.2, 0.25) is 0 Å². The molecule has 1 aliphatic rings. The van der Waals surface area contributed by atoms with Crippen LogP contribution in [0.3, 0.4) is 0 Å². The van der Waals surface area contributed by atoms with Crippen LogP contribution in [-0.2, 0) is 4.79 Å². The molecular weight excluding hydrogens is 180 g/mol. The van der Waals surface area contributed by atoms with Gasteiger partial charge in [-0.3, -0.25) is 4.79 Å². The molecule has 0 radical (unpaired) electrons. The zero-order chi connectivity index (χ0) is 10.6. The third-order valence-corrected chi connectivity index (χ3v) is 2.86. The van der Waals surface area contributed by atoms with Crippen molar-refractivity contribution < 1.29 is 9.90 Å². The minimum Gasteiger partial charge on any atom is -0.396 e. The van der Waals surface area contributed by atoms with E-state index in [0.29, 0.717) is 13.1 Å². The van der Waals surface area contributed by atoms with Gasteiger partial charge in [-0.05, 0) is 18.8 Å². The molecule has 0 aromatic heterocycles. The highest BCUT2D eigenvalue weighted by Gasteiger charge is 2.25. The number of likely N-dealkylation sites (tertiary alicyclic amines) is 1. The predicted molar refractivity (Wildman–Crippen MR) is 54.6 cm³/mol. The van der Waals surface area contributed by atoms with E-state index >= 15 is 0 Å². The molecule has 0 aromatic rings. The average molecular weight is 200 g/mol. The molecule has 1 aliphatic heterocycles. The normalized spacial score (nSPS) is 24.8. The summed E-state index contributed by atoms with van der Waals surface area (Å²) in [4.78, 5) is 13.6. The number of amides is 1. The molecule has 0 bridgehead atoms. The zero-order valence-electron chi connectivity index (χ0n) is 8.78. The molecule has 82 valence electrons. The van der Waals surface area contributed by atoms with Gasteiger partial charge in [0.1, 0.15) is 0 Å². The second-order valence-corrected chi connectivity index (χ2v) is 4.11.